The number of hydrogen-bond donors (Lipinski definition) is 1. The van der Waals surface area contributed by atoms with Crippen molar-refractivity contribution in [2.45, 2.75) is 37.5 Å². The van der Waals surface area contributed by atoms with Crippen LogP contribution in [0.15, 0.2) is 66.7 Å². The lowest BCUT2D eigenvalue weighted by Crippen LogP contribution is -2.34. The van der Waals surface area contributed by atoms with Gasteiger partial charge in [-0.3, -0.25) is 0 Å². The van der Waals surface area contributed by atoms with Gasteiger partial charge in [0.1, 0.15) is 0 Å². The van der Waals surface area contributed by atoms with Crippen molar-refractivity contribution in [2.24, 2.45) is 0 Å². The first-order valence-electron chi connectivity index (χ1n) is 9.10. The molecule has 0 aliphatic heterocycles. The summed E-state index contributed by atoms with van der Waals surface area (Å²) in [5.41, 5.74) is 15.8. The molecule has 0 radical (unpaired) electrons. The Morgan fingerprint density at radius 3 is 2.16 bits per heavy atom. The Hall–Kier alpha value is -2.54. The molecule has 0 bridgehead atoms. The van der Waals surface area contributed by atoms with Crippen LogP contribution in [0.5, 0.6) is 0 Å². The van der Waals surface area contributed by atoms with Crippen LogP contribution in [0.25, 0.3) is 0 Å². The van der Waals surface area contributed by atoms with Crippen molar-refractivity contribution >= 4 is 5.69 Å². The molecule has 0 amide bonds. The van der Waals surface area contributed by atoms with Crippen LogP contribution in [0, 0.1) is 0 Å². The summed E-state index contributed by atoms with van der Waals surface area (Å²) in [5, 5.41) is 0. The van der Waals surface area contributed by atoms with Crippen molar-refractivity contribution < 1.29 is 0 Å². The molecular weight excluding hydrogens is 302 g/mol. The number of rotatable bonds is 0. The van der Waals surface area contributed by atoms with E-state index >= 15 is 0 Å². The van der Waals surface area contributed by atoms with E-state index in [0.29, 0.717) is 0 Å². The summed E-state index contributed by atoms with van der Waals surface area (Å²) in [6.07, 6.45) is 2.09. The number of nitrogen functional groups attached to an aromatic ring is 1. The minimum atomic E-state index is -0.0837. The van der Waals surface area contributed by atoms with Crippen LogP contribution in [0.3, 0.4) is 0 Å². The molecule has 124 valence electrons. The molecule has 0 heterocycles. The number of hydrogen-bond acceptors (Lipinski definition) is 1. The van der Waals surface area contributed by atoms with E-state index in [4.69, 9.17) is 5.73 Å². The molecule has 3 aromatic carbocycles. The lowest BCUT2D eigenvalue weighted by molar-refractivity contribution is 0.437. The second kappa shape index (κ2) is 4.76. The summed E-state index contributed by atoms with van der Waals surface area (Å²) in [4.78, 5) is 0. The maximum Gasteiger partial charge on any atom is 0.0469 e. The molecule has 1 spiro atoms. The van der Waals surface area contributed by atoms with Crippen molar-refractivity contribution in [3.63, 3.8) is 0 Å². The lowest BCUT2D eigenvalue weighted by Gasteiger charge is -2.40. The highest BCUT2D eigenvalue weighted by atomic mass is 14.6. The molecule has 2 N–H and O–H groups in total. The molecule has 0 saturated heterocycles. The number of nitrogens with two attached hydrogens (primary N) is 1. The van der Waals surface area contributed by atoms with Gasteiger partial charge in [0.25, 0.3) is 0 Å². The fourth-order valence-electron chi connectivity index (χ4n) is 5.37. The molecule has 0 saturated carbocycles. The van der Waals surface area contributed by atoms with Gasteiger partial charge in [-0.05, 0) is 63.8 Å². The molecule has 1 atom stereocenters. The van der Waals surface area contributed by atoms with Crippen LogP contribution in [-0.2, 0) is 17.3 Å². The molecule has 5 rings (SSSR count). The van der Waals surface area contributed by atoms with Crippen LogP contribution in [0.1, 0.15) is 53.6 Å². The van der Waals surface area contributed by atoms with Gasteiger partial charge in [-0.2, -0.15) is 0 Å². The maximum absolute atomic E-state index is 6.24. The Kier molecular flexibility index (Phi) is 2.81. The highest BCUT2D eigenvalue weighted by Crippen LogP contribution is 2.59. The van der Waals surface area contributed by atoms with Crippen LogP contribution >= 0.6 is 0 Å². The zero-order valence-corrected chi connectivity index (χ0v) is 14.8. The Labute approximate surface area is 149 Å². The number of anilines is 1. The Balaban J connectivity index is 1.93. The second-order valence-electron chi connectivity index (χ2n) is 8.26. The normalized spacial score (nSPS) is 22.3. The predicted octanol–water partition coefficient (Wildman–Crippen LogP) is 5.19. The van der Waals surface area contributed by atoms with Gasteiger partial charge >= 0.3 is 0 Å². The second-order valence-corrected chi connectivity index (χ2v) is 8.26. The van der Waals surface area contributed by atoms with E-state index in [-0.39, 0.29) is 10.8 Å². The molecule has 1 heteroatoms. The first kappa shape index (κ1) is 14.8. The average Bonchev–Trinajstić information content (AvgIpc) is 2.85. The minimum Gasteiger partial charge on any atom is -0.399 e. The van der Waals surface area contributed by atoms with Gasteiger partial charge in [-0.15, -0.1) is 0 Å². The number of benzene rings is 3. The largest absolute Gasteiger partial charge is 0.399 e. The van der Waals surface area contributed by atoms with Crippen molar-refractivity contribution in [1.82, 2.24) is 0 Å². The van der Waals surface area contributed by atoms with E-state index in [1.165, 1.54) is 33.4 Å². The van der Waals surface area contributed by atoms with Crippen LogP contribution < -0.4 is 5.73 Å². The zero-order chi connectivity index (χ0) is 17.2. The van der Waals surface area contributed by atoms with E-state index in [1.807, 2.05) is 6.07 Å². The monoisotopic (exact) mass is 325 g/mol. The molecule has 25 heavy (non-hydrogen) atoms. The smallest absolute Gasteiger partial charge is 0.0469 e. The third kappa shape index (κ3) is 1.84. The summed E-state index contributed by atoms with van der Waals surface area (Å²) < 4.78 is 0. The van der Waals surface area contributed by atoms with Gasteiger partial charge in [0.15, 0.2) is 0 Å². The fraction of sp³-hybridized carbons (Fsp3) is 0.250. The van der Waals surface area contributed by atoms with Crippen molar-refractivity contribution in [1.29, 1.82) is 0 Å². The van der Waals surface area contributed by atoms with E-state index in [1.54, 1.807) is 0 Å². The SMILES string of the molecule is CC1(C)CC2(c3ccccc3Cc3ccc(N)cc32)c2ccccc21. The van der Waals surface area contributed by atoms with Gasteiger partial charge in [0.2, 0.25) is 0 Å². The quantitative estimate of drug-likeness (QED) is 0.566. The van der Waals surface area contributed by atoms with Gasteiger partial charge in [-0.1, -0.05) is 68.4 Å². The van der Waals surface area contributed by atoms with Crippen molar-refractivity contribution in [3.8, 4) is 0 Å². The molecule has 2 aliphatic rings. The van der Waals surface area contributed by atoms with Crippen LogP contribution in [0.2, 0.25) is 0 Å². The van der Waals surface area contributed by atoms with E-state index in [9.17, 15) is 0 Å². The summed E-state index contributed by atoms with van der Waals surface area (Å²) >= 11 is 0. The average molecular weight is 325 g/mol. The fourth-order valence-corrected chi connectivity index (χ4v) is 5.37. The summed E-state index contributed by atoms with van der Waals surface area (Å²) in [7, 11) is 0. The van der Waals surface area contributed by atoms with E-state index in [2.05, 4.69) is 74.5 Å². The molecule has 1 unspecified atom stereocenters. The third-order valence-electron chi connectivity index (χ3n) is 6.27. The first-order valence-corrected chi connectivity index (χ1v) is 9.10. The van der Waals surface area contributed by atoms with Crippen LogP contribution in [-0.4, -0.2) is 0 Å². The molecule has 0 fully saturated rings. The van der Waals surface area contributed by atoms with E-state index in [0.717, 1.165) is 18.5 Å². The van der Waals surface area contributed by atoms with E-state index < -0.39 is 0 Å². The van der Waals surface area contributed by atoms with Crippen molar-refractivity contribution in [2.75, 3.05) is 5.73 Å². The van der Waals surface area contributed by atoms with Crippen LogP contribution in [0.4, 0.5) is 5.69 Å². The zero-order valence-electron chi connectivity index (χ0n) is 14.8. The summed E-state index contributed by atoms with van der Waals surface area (Å²) in [6, 6.07) is 24.5. The highest BCUT2D eigenvalue weighted by Gasteiger charge is 2.52. The Morgan fingerprint density at radius 2 is 1.36 bits per heavy atom. The Morgan fingerprint density at radius 1 is 0.720 bits per heavy atom. The van der Waals surface area contributed by atoms with Gasteiger partial charge in [0, 0.05) is 11.1 Å². The molecule has 2 aliphatic carbocycles. The highest BCUT2D eigenvalue weighted by molar-refractivity contribution is 5.67. The van der Waals surface area contributed by atoms with Gasteiger partial charge in [-0.25, -0.2) is 0 Å². The Bertz CT molecular complexity index is 998. The molecular formula is C24H23N. The summed E-state index contributed by atoms with van der Waals surface area (Å²) in [6.45, 7) is 4.76. The molecule has 3 aromatic rings. The predicted molar refractivity (Wildman–Crippen MR) is 104 cm³/mol. The van der Waals surface area contributed by atoms with Gasteiger partial charge < -0.3 is 5.73 Å². The standard InChI is InChI=1S/C24H23N/c1-23(2)15-24(21-10-6-5-9-20(21)23)19-8-4-3-7-16(19)13-17-11-12-18(25)14-22(17)24/h3-12,14H,13,15,25H2,1-2H3. The molecule has 0 aromatic heterocycles. The van der Waals surface area contributed by atoms with Gasteiger partial charge in [0.05, 0.1) is 0 Å². The maximum atomic E-state index is 6.24. The first-order chi connectivity index (χ1) is 12.0. The molecule has 1 nitrogen and oxygen atoms in total. The topological polar surface area (TPSA) is 26.0 Å². The third-order valence-corrected chi connectivity index (χ3v) is 6.27. The number of fused-ring (bicyclic) bond motifs is 6. The van der Waals surface area contributed by atoms with Crippen molar-refractivity contribution in [3.05, 3.63) is 100 Å². The lowest BCUT2D eigenvalue weighted by atomic mass is 9.62. The summed E-state index contributed by atoms with van der Waals surface area (Å²) in [5.74, 6) is 0. The minimum absolute atomic E-state index is 0.0837.